The van der Waals surface area contributed by atoms with Crippen molar-refractivity contribution in [3.63, 3.8) is 0 Å². The van der Waals surface area contributed by atoms with Gasteiger partial charge in [-0.1, -0.05) is 11.1 Å². The summed E-state index contributed by atoms with van der Waals surface area (Å²) in [7, 11) is -9.60. The van der Waals surface area contributed by atoms with Crippen molar-refractivity contribution in [1.29, 1.82) is 0 Å². The Bertz CT molecular complexity index is 2350. The third-order valence-corrected chi connectivity index (χ3v) is 8.69. The van der Waals surface area contributed by atoms with Gasteiger partial charge in [-0.2, -0.15) is 16.8 Å². The highest BCUT2D eigenvalue weighted by molar-refractivity contribution is 7.94. The van der Waals surface area contributed by atoms with Crippen LogP contribution in [0.5, 0.6) is 17.2 Å². The number of fused-ring (bicyclic) bond motifs is 1. The Hall–Kier alpha value is -5.37. The van der Waals surface area contributed by atoms with Gasteiger partial charge in [0.15, 0.2) is 11.5 Å². The number of phenols is 1. The predicted octanol–water partition coefficient (Wildman–Crippen LogP) is 4.71. The van der Waals surface area contributed by atoms with Gasteiger partial charge in [-0.25, -0.2) is 5.26 Å². The zero-order chi connectivity index (χ0) is 36.6. The van der Waals surface area contributed by atoms with E-state index in [-0.39, 0.29) is 79.7 Å². The molecule has 0 saturated carbocycles. The average Bonchev–Trinajstić information content (AvgIpc) is 3.05. The molecule has 0 aliphatic carbocycles. The van der Waals surface area contributed by atoms with Gasteiger partial charge in [-0.15, -0.1) is 31.2 Å². The van der Waals surface area contributed by atoms with Crippen LogP contribution in [-0.4, -0.2) is 60.1 Å². The Balaban J connectivity index is 0.00000702. The Labute approximate surface area is 293 Å². The molecular formula is C29H25N5O14S3. The average molecular weight is 764 g/mol. The van der Waals surface area contributed by atoms with Crippen LogP contribution < -0.4 is 15.2 Å². The van der Waals surface area contributed by atoms with E-state index < -0.39 is 42.4 Å². The van der Waals surface area contributed by atoms with Gasteiger partial charge in [0.05, 0.1) is 29.2 Å². The van der Waals surface area contributed by atoms with Gasteiger partial charge < -0.3 is 30.9 Å². The summed E-state index contributed by atoms with van der Waals surface area (Å²) in [6.07, 6.45) is 7.41. The molecule has 19 nitrogen and oxygen atoms in total. The van der Waals surface area contributed by atoms with E-state index in [1.54, 1.807) is 6.92 Å². The minimum atomic E-state index is -4.90. The molecule has 22 heteroatoms. The summed E-state index contributed by atoms with van der Waals surface area (Å²) in [5.41, 5.74) is 5.08. The van der Waals surface area contributed by atoms with Gasteiger partial charge in [-0.3, -0.25) is 9.11 Å². The number of hydrogen-bond acceptors (Lipinski definition) is 17. The molecule has 0 unspecified atom stereocenters. The number of ether oxygens (including phenoxy) is 2. The fourth-order valence-electron chi connectivity index (χ4n) is 4.19. The van der Waals surface area contributed by atoms with Crippen molar-refractivity contribution in [3.05, 3.63) is 54.1 Å². The molecule has 4 aromatic carbocycles. The number of benzene rings is 4. The molecule has 0 aliphatic heterocycles. The van der Waals surface area contributed by atoms with Crippen LogP contribution in [-0.2, 0) is 29.6 Å². The molecule has 0 bridgehead atoms. The normalized spacial score (nSPS) is 11.6. The first kappa shape index (κ1) is 40.1. The third-order valence-electron chi connectivity index (χ3n) is 6.22. The van der Waals surface area contributed by atoms with E-state index >= 15 is 0 Å². The van der Waals surface area contributed by atoms with Gasteiger partial charge in [0.25, 0.3) is 20.2 Å². The lowest BCUT2D eigenvalue weighted by Crippen LogP contribution is -2.04. The zero-order valence-corrected chi connectivity index (χ0v) is 28.2. The maximum absolute atomic E-state index is 12.1. The fourth-order valence-corrected chi connectivity index (χ4v) is 6.20. The monoisotopic (exact) mass is 763 g/mol. The lowest BCUT2D eigenvalue weighted by molar-refractivity contribution is -0.432. The van der Waals surface area contributed by atoms with Crippen molar-refractivity contribution in [2.75, 3.05) is 18.9 Å². The molecule has 4 aromatic rings. The third kappa shape index (κ3) is 9.66. The number of nitrogens with two attached hydrogens (primary N) is 1. The van der Waals surface area contributed by atoms with E-state index in [2.05, 4.69) is 41.9 Å². The van der Waals surface area contributed by atoms with Gasteiger partial charge in [-0.05, 0) is 48.7 Å². The number of aliphatic hydroxyl groups is 1. The first-order valence-electron chi connectivity index (χ1n) is 13.4. The van der Waals surface area contributed by atoms with Gasteiger partial charge in [0, 0.05) is 28.8 Å². The number of aromatic hydroxyl groups is 1. The Kier molecular flexibility index (Phi) is 13.4. The first-order valence-corrected chi connectivity index (χ1v) is 17.0. The number of nitrogens with zero attached hydrogens (tertiary/aromatic N) is 4. The number of hydrogen-bond donors (Lipinski definition) is 6. The van der Waals surface area contributed by atoms with E-state index in [9.17, 15) is 36.2 Å². The van der Waals surface area contributed by atoms with Crippen LogP contribution in [0.2, 0.25) is 0 Å². The highest BCUT2D eigenvalue weighted by Crippen LogP contribution is 2.48. The second-order valence-corrected chi connectivity index (χ2v) is 13.0. The molecule has 4 rings (SSSR count). The maximum atomic E-state index is 12.1. The topological polar surface area (TPSA) is 313 Å². The Morgan fingerprint density at radius 1 is 0.902 bits per heavy atom. The molecule has 0 atom stereocenters. The number of anilines is 1. The van der Waals surface area contributed by atoms with Gasteiger partial charge >= 0.3 is 0 Å². The van der Waals surface area contributed by atoms with Crippen molar-refractivity contribution in [2.24, 2.45) is 20.5 Å². The molecule has 9 N–H and O–H groups in total. The quantitative estimate of drug-likeness (QED) is 0.0204. The second kappa shape index (κ2) is 17.0. The summed E-state index contributed by atoms with van der Waals surface area (Å²) in [5, 5.41) is 48.7. The molecule has 0 aliphatic rings. The first-order chi connectivity index (χ1) is 23.7. The van der Waals surface area contributed by atoms with Crippen LogP contribution in [0.3, 0.4) is 0 Å². The summed E-state index contributed by atoms with van der Waals surface area (Å²) in [6, 6.07) is 9.89. The maximum Gasteiger partial charge on any atom is 0.297 e. The van der Waals surface area contributed by atoms with E-state index in [1.165, 1.54) is 36.4 Å². The standard InChI is InChI=1S/C29H23N5O13S3.H2O/c1-3-4-10-44-23-15-22(24(45-11-9-35)14-21(23)32-31-20-8-5-16(2)12-26(20)49(38,39)40)33-34-27-25(48-47-46-37)13-18-17(28(27)36)6-7-19(30)29(18)50(41,42)43;/h1,5-8,12-15,35-37H,9,11,30H2,2H3,(H,38,39,40)(H,41,42,43);1H2. The largest absolute Gasteiger partial charge is 0.505 e. The van der Waals surface area contributed by atoms with Crippen LogP contribution in [0, 0.1) is 31.3 Å². The summed E-state index contributed by atoms with van der Waals surface area (Å²) in [5.74, 6) is 3.31. The molecule has 0 amide bonds. The molecule has 0 spiro atoms. The van der Waals surface area contributed by atoms with Crippen molar-refractivity contribution in [3.8, 4) is 41.6 Å². The van der Waals surface area contributed by atoms with Crippen molar-refractivity contribution in [2.45, 2.75) is 21.6 Å². The van der Waals surface area contributed by atoms with Crippen LogP contribution in [0.4, 0.5) is 28.4 Å². The molecule has 0 saturated heterocycles. The number of aryl methyl sites for hydroxylation is 1. The number of nitrogen functional groups attached to an aromatic ring is 1. The van der Waals surface area contributed by atoms with E-state index in [0.717, 1.165) is 12.1 Å². The number of rotatable bonds is 13. The number of aliphatic hydroxyl groups excluding tert-OH is 1. The summed E-state index contributed by atoms with van der Waals surface area (Å²) in [4.78, 5) is -1.45. The SMILES string of the molecule is C#CC#COc1cc(N=Nc2c(SOOO)cc3c(S(=O)(=O)O)c(N)ccc3c2O)c(OCCO)cc1N=Nc1ccc(C)cc1S(=O)(=O)O.O. The van der Waals surface area contributed by atoms with Crippen LogP contribution in [0.15, 0.2) is 83.7 Å². The highest BCUT2D eigenvalue weighted by Gasteiger charge is 2.24. The lowest BCUT2D eigenvalue weighted by Gasteiger charge is -2.13. The smallest absolute Gasteiger partial charge is 0.297 e. The summed E-state index contributed by atoms with van der Waals surface area (Å²) < 4.78 is 83.1. The molecule has 0 fully saturated rings. The molecule has 51 heavy (non-hydrogen) atoms. The molecule has 268 valence electrons. The summed E-state index contributed by atoms with van der Waals surface area (Å²) >= 11 is 0.265. The highest BCUT2D eigenvalue weighted by atomic mass is 32.2. The predicted molar refractivity (Wildman–Crippen MR) is 180 cm³/mol. The molecule has 0 aromatic heterocycles. The lowest BCUT2D eigenvalue weighted by atomic mass is 10.1. The zero-order valence-electron chi connectivity index (χ0n) is 25.7. The van der Waals surface area contributed by atoms with E-state index in [0.29, 0.717) is 5.56 Å². The molecule has 0 heterocycles. The number of terminal acetylenes is 1. The van der Waals surface area contributed by atoms with E-state index in [4.69, 9.17) is 26.9 Å². The van der Waals surface area contributed by atoms with Crippen LogP contribution in [0.1, 0.15) is 5.56 Å². The second-order valence-electron chi connectivity index (χ2n) is 9.53. The van der Waals surface area contributed by atoms with Gasteiger partial charge in [0.1, 0.15) is 51.0 Å². The fraction of sp³-hybridized carbons (Fsp3) is 0.103. The summed E-state index contributed by atoms with van der Waals surface area (Å²) in [6.45, 7) is 0.873. The van der Waals surface area contributed by atoms with Crippen molar-refractivity contribution in [1.82, 2.24) is 0 Å². The Morgan fingerprint density at radius 3 is 2.22 bits per heavy atom. The Morgan fingerprint density at radius 2 is 1.57 bits per heavy atom. The molecule has 0 radical (unpaired) electrons. The minimum Gasteiger partial charge on any atom is -0.505 e. The van der Waals surface area contributed by atoms with Crippen molar-refractivity contribution < 1.29 is 65.7 Å². The van der Waals surface area contributed by atoms with Gasteiger partial charge in [0.2, 0.25) is 0 Å². The number of azo groups is 2. The van der Waals surface area contributed by atoms with E-state index in [1.807, 2.05) is 5.92 Å². The minimum absolute atomic E-state index is 0. The van der Waals surface area contributed by atoms with Crippen LogP contribution in [0.25, 0.3) is 10.8 Å². The molecular weight excluding hydrogens is 739 g/mol. The number of phenolic OH excluding ortho intramolecular Hbond substituents is 1. The van der Waals surface area contributed by atoms with Crippen molar-refractivity contribution >= 4 is 71.5 Å². The van der Waals surface area contributed by atoms with Crippen LogP contribution >= 0.6 is 12.0 Å².